The zero-order chi connectivity index (χ0) is 39.5. The van der Waals surface area contributed by atoms with Crippen LogP contribution >= 0.6 is 0 Å². The number of carbonyl (C=O) groups excluding carboxylic acids is 4. The fourth-order valence-electron chi connectivity index (χ4n) is 11.6. The fraction of sp³-hybridized carbons (Fsp3) is 0.636. The number of nitrogens with one attached hydrogen (secondary N) is 4. The lowest BCUT2D eigenvalue weighted by molar-refractivity contribution is -0.862. The number of methoxy groups -OCH3 is 1. The molecule has 11 atom stereocenters. The van der Waals surface area contributed by atoms with E-state index in [9.17, 15) is 19.2 Å². The number of para-hydroxylation sites is 2. The van der Waals surface area contributed by atoms with Gasteiger partial charge in [0.2, 0.25) is 0 Å². The van der Waals surface area contributed by atoms with E-state index in [1.807, 2.05) is 81.8 Å². The van der Waals surface area contributed by atoms with Crippen LogP contribution in [0.2, 0.25) is 0 Å². The van der Waals surface area contributed by atoms with Gasteiger partial charge in [-0.15, -0.1) is 0 Å². The molecule has 0 aromatic heterocycles. The van der Waals surface area contributed by atoms with Gasteiger partial charge in [-0.1, -0.05) is 57.2 Å². The molecular weight excluding hydrogens is 695 g/mol. The van der Waals surface area contributed by atoms with E-state index >= 15 is 0 Å². The smallest absolute Gasteiger partial charge is 0.362 e. The molecule has 0 radical (unpaired) electrons. The summed E-state index contributed by atoms with van der Waals surface area (Å²) in [5, 5.41) is 13.2. The van der Waals surface area contributed by atoms with Crippen molar-refractivity contribution in [1.29, 1.82) is 0 Å². The third-order valence-electron chi connectivity index (χ3n) is 14.2. The summed E-state index contributed by atoms with van der Waals surface area (Å²) in [6.45, 7) is 7.35. The number of hydrogen-bond acceptors (Lipinski definition) is 6. The topological polar surface area (TPSA) is 135 Å². The van der Waals surface area contributed by atoms with Gasteiger partial charge >= 0.3 is 24.0 Å². The summed E-state index contributed by atoms with van der Waals surface area (Å²) >= 11 is 0. The van der Waals surface area contributed by atoms with Gasteiger partial charge in [0, 0.05) is 29.9 Å². The Morgan fingerprint density at radius 3 is 2.02 bits per heavy atom. The Morgan fingerprint density at radius 2 is 1.42 bits per heavy atom. The molecule has 0 saturated heterocycles. The van der Waals surface area contributed by atoms with E-state index in [1.54, 1.807) is 0 Å². The lowest BCUT2D eigenvalue weighted by Gasteiger charge is -2.65. The predicted octanol–water partition coefficient (Wildman–Crippen LogP) is 7.45. The van der Waals surface area contributed by atoms with Crippen molar-refractivity contribution >= 4 is 35.4 Å². The molecule has 11 nitrogen and oxygen atoms in total. The number of carbonyl (C=O) groups is 4. The first-order valence-electron chi connectivity index (χ1n) is 20.4. The molecule has 4 fully saturated rings. The molecule has 0 unspecified atom stereocenters. The Labute approximate surface area is 327 Å². The number of esters is 2. The first kappa shape index (κ1) is 40.5. The van der Waals surface area contributed by atoms with Crippen LogP contribution in [0.3, 0.4) is 0 Å². The molecule has 0 spiro atoms. The summed E-state index contributed by atoms with van der Waals surface area (Å²) in [5.74, 6) is 0.926. The van der Waals surface area contributed by atoms with Crippen LogP contribution in [0.15, 0.2) is 60.7 Å². The molecule has 0 heterocycles. The van der Waals surface area contributed by atoms with Gasteiger partial charge in [0.25, 0.3) is 0 Å². The number of amides is 4. The number of anilines is 2. The van der Waals surface area contributed by atoms with Crippen LogP contribution in [0.4, 0.5) is 21.0 Å². The van der Waals surface area contributed by atoms with E-state index in [2.05, 4.69) is 42.0 Å². The first-order chi connectivity index (χ1) is 26.1. The van der Waals surface area contributed by atoms with Crippen molar-refractivity contribution in [3.8, 4) is 0 Å². The number of hydrogen-bond donors (Lipinski definition) is 4. The molecular formula is C44H64N5O6+. The average Bonchev–Trinajstić information content (AvgIpc) is 3.49. The molecule has 4 aliphatic rings. The van der Waals surface area contributed by atoms with Crippen LogP contribution < -0.4 is 21.3 Å². The Morgan fingerprint density at radius 1 is 0.800 bits per heavy atom. The normalized spacial score (nSPS) is 33.1. The third kappa shape index (κ3) is 8.97. The minimum Gasteiger partial charge on any atom is -0.469 e. The maximum absolute atomic E-state index is 13.9. The molecule has 0 aliphatic heterocycles. The average molecular weight is 759 g/mol. The van der Waals surface area contributed by atoms with Crippen molar-refractivity contribution in [3.63, 3.8) is 0 Å². The SMILES string of the molecule is COC(=O)CC[C@@H](C)[C@H]1CC[C@H]2[C@@H]3[C@H](NC(=O)Nc4ccccc4)C[C@@H]4C[C@H](OC(=O)C[N+](C)(C)C)CC[C@]4(C)[C@H]3C[C@H](NC(=O)Nc3ccccc3)[C@]12C. The number of fused-ring (bicyclic) bond motifs is 5. The number of ether oxygens (including phenoxy) is 2. The van der Waals surface area contributed by atoms with Crippen LogP contribution in [-0.2, 0) is 19.1 Å². The summed E-state index contributed by atoms with van der Waals surface area (Å²) in [6.07, 6.45) is 6.91. The van der Waals surface area contributed by atoms with E-state index in [-0.39, 0.29) is 88.5 Å². The highest BCUT2D eigenvalue weighted by molar-refractivity contribution is 5.90. The Hall–Kier alpha value is -4.12. The van der Waals surface area contributed by atoms with Crippen LogP contribution in [0.5, 0.6) is 0 Å². The van der Waals surface area contributed by atoms with E-state index in [0.717, 1.165) is 56.3 Å². The molecule has 2 aromatic rings. The molecule has 4 N–H and O–H groups in total. The molecule has 300 valence electrons. The summed E-state index contributed by atoms with van der Waals surface area (Å²) in [6, 6.07) is 18.4. The summed E-state index contributed by atoms with van der Waals surface area (Å²) in [7, 11) is 7.41. The van der Waals surface area contributed by atoms with E-state index in [1.165, 1.54) is 7.11 Å². The molecule has 0 bridgehead atoms. The number of likely N-dealkylation sites (N-methyl/N-ethyl adjacent to an activating group) is 1. The van der Waals surface area contributed by atoms with Gasteiger partial charge in [0.05, 0.1) is 28.3 Å². The second kappa shape index (κ2) is 16.5. The van der Waals surface area contributed by atoms with Gasteiger partial charge in [-0.2, -0.15) is 0 Å². The molecule has 4 amide bonds. The van der Waals surface area contributed by atoms with Crippen LogP contribution in [0.25, 0.3) is 0 Å². The number of quaternary nitrogens is 1. The highest BCUT2D eigenvalue weighted by Crippen LogP contribution is 2.68. The summed E-state index contributed by atoms with van der Waals surface area (Å²) in [4.78, 5) is 53.1. The Kier molecular flexibility index (Phi) is 12.2. The number of nitrogens with zero attached hydrogens (tertiary/aromatic N) is 1. The Balaban J connectivity index is 1.33. The molecule has 55 heavy (non-hydrogen) atoms. The minimum atomic E-state index is -0.290. The lowest BCUT2D eigenvalue weighted by Crippen LogP contribution is -2.67. The van der Waals surface area contributed by atoms with Gasteiger partial charge in [0.1, 0.15) is 6.10 Å². The van der Waals surface area contributed by atoms with Crippen LogP contribution in [0.1, 0.15) is 78.6 Å². The van der Waals surface area contributed by atoms with Crippen molar-refractivity contribution in [1.82, 2.24) is 10.6 Å². The van der Waals surface area contributed by atoms with Crippen molar-refractivity contribution in [2.45, 2.75) is 96.7 Å². The van der Waals surface area contributed by atoms with E-state index in [4.69, 9.17) is 9.47 Å². The maximum Gasteiger partial charge on any atom is 0.362 e. The Bertz CT molecular complexity index is 1670. The molecule has 4 saturated carbocycles. The minimum absolute atomic E-state index is 0.0759. The van der Waals surface area contributed by atoms with E-state index < -0.39 is 0 Å². The zero-order valence-corrected chi connectivity index (χ0v) is 33.9. The standard InChI is InChI=1S/C44H63N5O6/c1-28(18-21-38(50)54-7)33-19-20-34-40-35(26-37(44(33,34)3)48-42(53)46-31-16-12-9-13-17-31)43(2)23-22-32(55-39(51)27-49(4,5)6)24-29(43)25-36(40)47-41(52)45-30-14-10-8-11-15-30/h8-17,28-29,32-37,40H,18-27H2,1-7H3,(H3-,45,46,47,48,52,53)/p+1/t28-,29+,32-,33-,34+,35+,36-,37+,40+,43+,44-/m1/s1. The zero-order valence-electron chi connectivity index (χ0n) is 33.9. The van der Waals surface area contributed by atoms with Crippen LogP contribution in [0, 0.1) is 46.3 Å². The quantitative estimate of drug-likeness (QED) is 0.139. The number of urea groups is 2. The van der Waals surface area contributed by atoms with Crippen molar-refractivity contribution in [3.05, 3.63) is 60.7 Å². The van der Waals surface area contributed by atoms with E-state index in [0.29, 0.717) is 23.9 Å². The molecule has 11 heteroatoms. The second-order valence-electron chi connectivity index (χ2n) is 18.5. The van der Waals surface area contributed by atoms with Gasteiger partial charge in [0.15, 0.2) is 6.54 Å². The van der Waals surface area contributed by atoms with Gasteiger partial charge in [-0.3, -0.25) is 4.79 Å². The molecule has 4 aliphatic carbocycles. The third-order valence-corrected chi connectivity index (χ3v) is 14.2. The number of rotatable bonds is 11. The fourth-order valence-corrected chi connectivity index (χ4v) is 11.6. The van der Waals surface area contributed by atoms with Gasteiger partial charge in [-0.05, 0) is 122 Å². The molecule has 2 aromatic carbocycles. The molecule has 6 rings (SSSR count). The monoisotopic (exact) mass is 758 g/mol. The largest absolute Gasteiger partial charge is 0.469 e. The maximum atomic E-state index is 13.9. The second-order valence-corrected chi connectivity index (χ2v) is 18.5. The van der Waals surface area contributed by atoms with Crippen LogP contribution in [-0.4, -0.2) is 81.5 Å². The van der Waals surface area contributed by atoms with Crippen molar-refractivity contribution < 1.29 is 33.1 Å². The van der Waals surface area contributed by atoms with Crippen molar-refractivity contribution in [2.24, 2.45) is 46.3 Å². The summed E-state index contributed by atoms with van der Waals surface area (Å²) in [5.41, 5.74) is 1.11. The highest BCUT2D eigenvalue weighted by atomic mass is 16.5. The highest BCUT2D eigenvalue weighted by Gasteiger charge is 2.66. The van der Waals surface area contributed by atoms with Gasteiger partial charge < -0.3 is 35.2 Å². The summed E-state index contributed by atoms with van der Waals surface area (Å²) < 4.78 is 11.7. The predicted molar refractivity (Wildman–Crippen MR) is 214 cm³/mol. The lowest BCUT2D eigenvalue weighted by atomic mass is 9.42. The van der Waals surface area contributed by atoms with Gasteiger partial charge in [-0.25, -0.2) is 14.4 Å². The van der Waals surface area contributed by atoms with Crippen molar-refractivity contribution in [2.75, 3.05) is 45.4 Å². The first-order valence-corrected chi connectivity index (χ1v) is 20.4. The number of benzene rings is 2.